The third kappa shape index (κ3) is 16.6. The molecule has 480 valence electrons. The number of amides is 6. The summed E-state index contributed by atoms with van der Waals surface area (Å²) in [6.07, 6.45) is 4.25. The van der Waals surface area contributed by atoms with Crippen molar-refractivity contribution >= 4 is 68.9 Å². The van der Waals surface area contributed by atoms with Gasteiger partial charge in [0.1, 0.15) is 36.3 Å². The Hall–Kier alpha value is -8.70. The Morgan fingerprint density at radius 2 is 0.867 bits per heavy atom. The van der Waals surface area contributed by atoms with Gasteiger partial charge in [0.05, 0.1) is 34.4 Å². The number of carboxylic acid groups (broad SMARTS) is 2. The fraction of sp³-hybridized carbons (Fsp3) is 0.441. The molecule has 0 saturated carbocycles. The maximum atomic E-state index is 13.7. The van der Waals surface area contributed by atoms with Crippen molar-refractivity contribution in [1.82, 2.24) is 52.1 Å². The van der Waals surface area contributed by atoms with E-state index in [1.165, 1.54) is 23.9 Å². The lowest BCUT2D eigenvalue weighted by molar-refractivity contribution is -0.149. The van der Waals surface area contributed by atoms with E-state index in [2.05, 4.69) is 42.1 Å². The maximum absolute atomic E-state index is 13.7. The number of aromatic nitrogens is 2. The summed E-state index contributed by atoms with van der Waals surface area (Å²) in [7, 11) is 0. The molecule has 2 aliphatic rings. The predicted octanol–water partition coefficient (Wildman–Crippen LogP) is 6.92. The Bertz CT molecular complexity index is 3410. The number of hydrogen-bond donors (Lipinski definition) is 10. The lowest BCUT2D eigenvalue weighted by Gasteiger charge is -2.34. The number of pyridine rings is 2. The van der Waals surface area contributed by atoms with Gasteiger partial charge in [0, 0.05) is 47.4 Å². The minimum Gasteiger partial charge on any atom is -0.480 e. The van der Waals surface area contributed by atoms with Crippen LogP contribution in [0.4, 0.5) is 0 Å². The molecule has 22 heteroatoms. The number of carbonyl (C=O) groups is 8. The fourth-order valence-corrected chi connectivity index (χ4v) is 10.7. The molecule has 0 radical (unpaired) electrons. The standard InChI is InChI=1S/2C34H43N5O6/c2*1-19(2)29(30(41)36-20(3)31(42)39-14-8-11-27(38-39)32(43)44)37-33(45)34(5,6)26-10-7-9-23(16-26)28-17-25-15-22(21(4)40)12-13-24(25)18-35-28/h2*7,9-10,12-13,15-21,27,29,38,40H,8,11,14H2,1-6H3,(H,36,41)(H,37,45)(H,43,44)/t20-,21+,27?,29-;20-,21+,27-,29-/m00/s1. The number of hydrazine groups is 2. The maximum Gasteiger partial charge on any atom is 0.322 e. The molecule has 10 N–H and O–H groups in total. The van der Waals surface area contributed by atoms with E-state index >= 15 is 0 Å². The molecule has 22 nitrogen and oxygen atoms in total. The van der Waals surface area contributed by atoms with Crippen molar-refractivity contribution in [3.05, 3.63) is 132 Å². The Labute approximate surface area is 524 Å². The number of nitrogens with zero attached hydrogens (tertiary/aromatic N) is 4. The Morgan fingerprint density at radius 1 is 0.500 bits per heavy atom. The molecule has 4 aromatic carbocycles. The number of aliphatic hydroxyl groups is 2. The molecule has 8 rings (SSSR count). The highest BCUT2D eigenvalue weighted by atomic mass is 16.4. The van der Waals surface area contributed by atoms with E-state index in [1.54, 1.807) is 53.9 Å². The van der Waals surface area contributed by atoms with Gasteiger partial charge in [-0.1, -0.05) is 88.4 Å². The second-order valence-corrected chi connectivity index (χ2v) is 25.3. The molecule has 6 amide bonds. The Balaban J connectivity index is 0.000000256. The number of carbonyl (C=O) groups excluding carboxylic acids is 6. The molecule has 2 aromatic heterocycles. The molecular weight excluding hydrogens is 1150 g/mol. The molecule has 8 atom stereocenters. The van der Waals surface area contributed by atoms with Crippen molar-refractivity contribution in [3.8, 4) is 22.5 Å². The van der Waals surface area contributed by atoms with Crippen molar-refractivity contribution in [2.75, 3.05) is 13.1 Å². The molecule has 2 aliphatic heterocycles. The Morgan fingerprint density at radius 3 is 1.20 bits per heavy atom. The molecule has 2 saturated heterocycles. The summed E-state index contributed by atoms with van der Waals surface area (Å²) >= 11 is 0. The zero-order chi connectivity index (χ0) is 66.1. The largest absolute Gasteiger partial charge is 0.480 e. The van der Waals surface area contributed by atoms with E-state index in [9.17, 15) is 58.8 Å². The normalized spacial score (nSPS) is 17.4. The SMILES string of the molecule is CC(C)[C@H](NC(=O)C(C)(C)c1cccc(-c2cc3cc([C@@H](C)O)ccc3cn2)c1)C(=O)N[C@@H](C)C(=O)N1CCCC(C(=O)O)N1.CC(C)[C@H](NC(=O)C(C)(C)c1cccc(-c2cc3cc([C@@H](C)O)ccc3cn2)c1)C(=O)N[C@@H](C)C(=O)N1CCC[C@@H](C(=O)O)N1. The van der Waals surface area contributed by atoms with Crippen LogP contribution in [-0.2, 0) is 49.2 Å². The first-order chi connectivity index (χ1) is 42.4. The minimum absolute atomic E-state index is 0.281. The van der Waals surface area contributed by atoms with E-state index in [0.717, 1.165) is 66.3 Å². The molecule has 90 heavy (non-hydrogen) atoms. The van der Waals surface area contributed by atoms with Gasteiger partial charge in [-0.2, -0.15) is 0 Å². The first-order valence-electron chi connectivity index (χ1n) is 30.6. The highest BCUT2D eigenvalue weighted by molar-refractivity contribution is 5.97. The number of carboxylic acids is 2. The number of nitrogens with one attached hydrogen (secondary N) is 6. The van der Waals surface area contributed by atoms with E-state index in [1.807, 2.05) is 125 Å². The summed E-state index contributed by atoms with van der Waals surface area (Å²) in [4.78, 5) is 112. The monoisotopic (exact) mass is 1230 g/mol. The summed E-state index contributed by atoms with van der Waals surface area (Å²) in [6.45, 7) is 21.5. The van der Waals surface area contributed by atoms with Crippen LogP contribution in [0.3, 0.4) is 0 Å². The van der Waals surface area contributed by atoms with Gasteiger partial charge in [-0.05, 0) is 162 Å². The van der Waals surface area contributed by atoms with Crippen LogP contribution in [-0.4, -0.2) is 137 Å². The van der Waals surface area contributed by atoms with Gasteiger partial charge in [0.2, 0.25) is 23.6 Å². The van der Waals surface area contributed by atoms with E-state index in [4.69, 9.17) is 0 Å². The topological polar surface area (TPSA) is 322 Å². The number of benzene rings is 4. The first kappa shape index (κ1) is 68.8. The lowest BCUT2D eigenvalue weighted by Crippen LogP contribution is -2.61. The van der Waals surface area contributed by atoms with Crippen LogP contribution < -0.4 is 32.1 Å². The third-order valence-corrected chi connectivity index (χ3v) is 16.8. The third-order valence-electron chi connectivity index (χ3n) is 16.8. The highest BCUT2D eigenvalue weighted by Crippen LogP contribution is 2.33. The number of fused-ring (bicyclic) bond motifs is 2. The smallest absolute Gasteiger partial charge is 0.322 e. The van der Waals surface area contributed by atoms with Crippen molar-refractivity contribution in [2.24, 2.45) is 11.8 Å². The molecule has 2 fully saturated rings. The summed E-state index contributed by atoms with van der Waals surface area (Å²) in [5, 5.41) is 56.1. The van der Waals surface area contributed by atoms with Crippen LogP contribution in [0.1, 0.15) is 143 Å². The van der Waals surface area contributed by atoms with Crippen LogP contribution in [0.15, 0.2) is 109 Å². The summed E-state index contributed by atoms with van der Waals surface area (Å²) in [5.41, 5.74) is 9.53. The van der Waals surface area contributed by atoms with E-state index in [0.29, 0.717) is 38.8 Å². The predicted molar refractivity (Wildman–Crippen MR) is 341 cm³/mol. The van der Waals surface area contributed by atoms with Gasteiger partial charge in [-0.25, -0.2) is 10.9 Å². The lowest BCUT2D eigenvalue weighted by atomic mass is 9.82. The second kappa shape index (κ2) is 29.3. The van der Waals surface area contributed by atoms with Gasteiger partial charge in [-0.15, -0.1) is 0 Å². The zero-order valence-electron chi connectivity index (χ0n) is 53.3. The number of aliphatic hydroxyl groups excluding tert-OH is 2. The van der Waals surface area contributed by atoms with Crippen molar-refractivity contribution in [2.45, 2.75) is 168 Å². The highest BCUT2D eigenvalue weighted by Gasteiger charge is 2.39. The quantitative estimate of drug-likeness (QED) is 0.0371. The van der Waals surface area contributed by atoms with Crippen molar-refractivity contribution < 1.29 is 58.8 Å². The number of aliphatic carboxylic acids is 2. The van der Waals surface area contributed by atoms with Gasteiger partial charge in [0.25, 0.3) is 11.8 Å². The Kier molecular flexibility index (Phi) is 22.4. The van der Waals surface area contributed by atoms with Gasteiger partial charge >= 0.3 is 11.9 Å². The molecule has 6 aromatic rings. The summed E-state index contributed by atoms with van der Waals surface area (Å²) < 4.78 is 0. The number of hydrogen-bond acceptors (Lipinski definition) is 14. The van der Waals surface area contributed by atoms with Crippen LogP contribution >= 0.6 is 0 Å². The van der Waals surface area contributed by atoms with Crippen LogP contribution in [0.2, 0.25) is 0 Å². The average molecular weight is 1240 g/mol. The molecular formula is C68H86N10O12. The summed E-state index contributed by atoms with van der Waals surface area (Å²) in [6, 6.07) is 25.1. The molecule has 4 heterocycles. The second-order valence-electron chi connectivity index (χ2n) is 25.3. The zero-order valence-corrected chi connectivity index (χ0v) is 53.3. The molecule has 1 unspecified atom stereocenters. The number of rotatable bonds is 20. The minimum atomic E-state index is -1.04. The molecule has 0 spiro atoms. The summed E-state index contributed by atoms with van der Waals surface area (Å²) in [5.74, 6) is -5.29. The van der Waals surface area contributed by atoms with Gasteiger partial charge in [-0.3, -0.25) is 58.3 Å². The van der Waals surface area contributed by atoms with Crippen LogP contribution in [0.5, 0.6) is 0 Å². The van der Waals surface area contributed by atoms with Crippen molar-refractivity contribution in [3.63, 3.8) is 0 Å². The fourth-order valence-electron chi connectivity index (χ4n) is 10.7. The van der Waals surface area contributed by atoms with Gasteiger partial charge in [0.15, 0.2) is 0 Å². The van der Waals surface area contributed by atoms with Crippen LogP contribution in [0, 0.1) is 11.8 Å². The van der Waals surface area contributed by atoms with Gasteiger partial charge < -0.3 is 41.7 Å². The first-order valence-corrected chi connectivity index (χ1v) is 30.6. The molecule has 0 bridgehead atoms. The van der Waals surface area contributed by atoms with E-state index in [-0.39, 0.29) is 23.7 Å². The van der Waals surface area contributed by atoms with Crippen LogP contribution in [0.25, 0.3) is 44.1 Å². The average Bonchev–Trinajstić information content (AvgIpc) is 1.92. The molecule has 0 aliphatic carbocycles. The van der Waals surface area contributed by atoms with E-state index < -0.39 is 94.9 Å². The van der Waals surface area contributed by atoms with Crippen molar-refractivity contribution in [1.29, 1.82) is 0 Å².